The lowest BCUT2D eigenvalue weighted by atomic mass is 10.1. The molecule has 1 aromatic heterocycles. The Morgan fingerprint density at radius 3 is 2.54 bits per heavy atom. The Morgan fingerprint density at radius 2 is 1.92 bits per heavy atom. The quantitative estimate of drug-likeness (QED) is 0.746. The zero-order chi connectivity index (χ0) is 18.9. The van der Waals surface area contributed by atoms with Crippen LogP contribution in [0.15, 0.2) is 30.9 Å². The maximum Gasteiger partial charge on any atom is 0.409 e. The van der Waals surface area contributed by atoms with E-state index in [2.05, 4.69) is 22.2 Å². The van der Waals surface area contributed by atoms with Gasteiger partial charge >= 0.3 is 6.09 Å². The Balaban J connectivity index is 1.89. The van der Waals surface area contributed by atoms with E-state index in [4.69, 9.17) is 4.74 Å². The summed E-state index contributed by atoms with van der Waals surface area (Å²) >= 11 is 0. The number of hydrogen-bond acceptors (Lipinski definition) is 5. The lowest BCUT2D eigenvalue weighted by molar-refractivity contribution is 0.0856. The van der Waals surface area contributed by atoms with Crippen LogP contribution in [-0.4, -0.2) is 60.1 Å². The van der Waals surface area contributed by atoms with Crippen molar-refractivity contribution in [2.75, 3.05) is 26.2 Å². The molecule has 0 unspecified atom stereocenters. The zero-order valence-corrected chi connectivity index (χ0v) is 14.9. The van der Waals surface area contributed by atoms with E-state index >= 15 is 0 Å². The van der Waals surface area contributed by atoms with Crippen LogP contribution in [0, 0.1) is 0 Å². The first-order valence-electron chi connectivity index (χ1n) is 8.63. The third-order valence-corrected chi connectivity index (χ3v) is 3.98. The molecule has 26 heavy (non-hydrogen) atoms. The fourth-order valence-corrected chi connectivity index (χ4v) is 2.62. The van der Waals surface area contributed by atoms with Gasteiger partial charge in [0.1, 0.15) is 11.4 Å². The van der Waals surface area contributed by atoms with Gasteiger partial charge in [-0.15, -0.1) is 6.58 Å². The van der Waals surface area contributed by atoms with E-state index < -0.39 is 0 Å². The highest BCUT2D eigenvalue weighted by atomic mass is 16.6. The molecule has 8 heteroatoms. The molecule has 1 saturated heterocycles. The van der Waals surface area contributed by atoms with E-state index in [1.807, 2.05) is 0 Å². The molecule has 0 atom stereocenters. The highest BCUT2D eigenvalue weighted by Gasteiger charge is 2.25. The highest BCUT2D eigenvalue weighted by molar-refractivity contribution is 5.96. The second-order valence-corrected chi connectivity index (χ2v) is 5.84. The minimum atomic E-state index is -0.359. The van der Waals surface area contributed by atoms with Gasteiger partial charge in [0.2, 0.25) is 0 Å². The molecule has 2 N–H and O–H groups in total. The zero-order valence-electron chi connectivity index (χ0n) is 14.9. The van der Waals surface area contributed by atoms with Crippen molar-refractivity contribution in [3.05, 3.63) is 42.2 Å². The second kappa shape index (κ2) is 9.55. The molecule has 2 heterocycles. The number of piperidine rings is 1. The number of nitrogens with zero attached hydrogens (tertiary/aromatic N) is 2. The summed E-state index contributed by atoms with van der Waals surface area (Å²) in [5.74, 6) is -0.694. The second-order valence-electron chi connectivity index (χ2n) is 5.84. The molecule has 0 spiro atoms. The lowest BCUT2D eigenvalue weighted by Crippen LogP contribution is -2.46. The number of aromatic nitrogens is 1. The molecule has 0 bridgehead atoms. The Labute approximate surface area is 152 Å². The Bertz CT molecular complexity index is 669. The van der Waals surface area contributed by atoms with Crippen molar-refractivity contribution in [1.29, 1.82) is 0 Å². The van der Waals surface area contributed by atoms with Gasteiger partial charge in [-0.05, 0) is 31.9 Å². The largest absolute Gasteiger partial charge is 0.450 e. The first-order chi connectivity index (χ1) is 12.5. The van der Waals surface area contributed by atoms with Gasteiger partial charge in [-0.1, -0.05) is 12.1 Å². The summed E-state index contributed by atoms with van der Waals surface area (Å²) in [6, 6.07) is 4.68. The number of pyridine rings is 1. The molecular weight excluding hydrogens is 336 g/mol. The average molecular weight is 360 g/mol. The molecule has 1 aliphatic heterocycles. The maximum atomic E-state index is 12.4. The number of ether oxygens (including phenoxy) is 1. The third-order valence-electron chi connectivity index (χ3n) is 3.98. The van der Waals surface area contributed by atoms with E-state index in [0.717, 1.165) is 0 Å². The lowest BCUT2D eigenvalue weighted by Gasteiger charge is -2.31. The van der Waals surface area contributed by atoms with Crippen molar-refractivity contribution in [3.63, 3.8) is 0 Å². The van der Waals surface area contributed by atoms with E-state index in [1.54, 1.807) is 36.1 Å². The van der Waals surface area contributed by atoms with Gasteiger partial charge in [0.15, 0.2) is 0 Å². The van der Waals surface area contributed by atoms with E-state index in [0.29, 0.717) is 39.1 Å². The first-order valence-corrected chi connectivity index (χ1v) is 8.63. The summed E-state index contributed by atoms with van der Waals surface area (Å²) in [5.41, 5.74) is 0.362. The molecule has 0 radical (unpaired) electrons. The van der Waals surface area contributed by atoms with E-state index in [1.165, 1.54) is 0 Å². The number of hydrogen-bond donors (Lipinski definition) is 2. The summed E-state index contributed by atoms with van der Waals surface area (Å²) in [6.07, 6.45) is 2.53. The standard InChI is InChI=1S/C18H24N4O4/c1-3-10-19-16(23)14-6-5-7-15(21-14)17(24)20-13-8-11-22(12-9-13)18(25)26-4-2/h3,5-7,13H,1,4,8-12H2,2H3,(H,19,23)(H,20,24). The number of carbonyl (C=O) groups is 3. The topological polar surface area (TPSA) is 101 Å². The number of likely N-dealkylation sites (tertiary alicyclic amines) is 1. The van der Waals surface area contributed by atoms with Gasteiger partial charge in [0, 0.05) is 25.7 Å². The number of rotatable bonds is 6. The summed E-state index contributed by atoms with van der Waals surface area (Å²) in [6.45, 7) is 7.03. The van der Waals surface area contributed by atoms with Crippen LogP contribution in [0.4, 0.5) is 4.79 Å². The van der Waals surface area contributed by atoms with Gasteiger partial charge in [0.05, 0.1) is 6.61 Å². The van der Waals surface area contributed by atoms with Crippen molar-refractivity contribution < 1.29 is 19.1 Å². The smallest absolute Gasteiger partial charge is 0.409 e. The molecule has 8 nitrogen and oxygen atoms in total. The van der Waals surface area contributed by atoms with Crippen molar-refractivity contribution in [3.8, 4) is 0 Å². The number of nitrogens with one attached hydrogen (secondary N) is 2. The fraction of sp³-hybridized carbons (Fsp3) is 0.444. The Hall–Kier alpha value is -2.90. The van der Waals surface area contributed by atoms with Gasteiger partial charge in [-0.3, -0.25) is 9.59 Å². The molecular formula is C18H24N4O4. The first kappa shape index (κ1) is 19.4. The van der Waals surface area contributed by atoms with Crippen molar-refractivity contribution in [2.24, 2.45) is 0 Å². The van der Waals surface area contributed by atoms with Crippen LogP contribution >= 0.6 is 0 Å². The normalized spacial score (nSPS) is 14.4. The van der Waals surface area contributed by atoms with Gasteiger partial charge in [-0.2, -0.15) is 0 Å². The minimum absolute atomic E-state index is 0.0479. The van der Waals surface area contributed by atoms with Crippen LogP contribution in [0.2, 0.25) is 0 Å². The molecule has 3 amide bonds. The summed E-state index contributed by atoms with van der Waals surface area (Å²) < 4.78 is 4.98. The minimum Gasteiger partial charge on any atom is -0.450 e. The molecule has 0 saturated carbocycles. The van der Waals surface area contributed by atoms with Crippen molar-refractivity contribution in [2.45, 2.75) is 25.8 Å². The van der Waals surface area contributed by atoms with Crippen LogP contribution in [-0.2, 0) is 4.74 Å². The number of carbonyl (C=O) groups excluding carboxylic acids is 3. The van der Waals surface area contributed by atoms with Crippen LogP contribution in [0.5, 0.6) is 0 Å². The van der Waals surface area contributed by atoms with Gasteiger partial charge < -0.3 is 20.3 Å². The third kappa shape index (κ3) is 5.30. The van der Waals surface area contributed by atoms with Gasteiger partial charge in [0.25, 0.3) is 11.8 Å². The average Bonchev–Trinajstić information content (AvgIpc) is 2.67. The number of amides is 3. The molecule has 0 aromatic carbocycles. The predicted octanol–water partition coefficient (Wildman–Crippen LogP) is 1.35. The maximum absolute atomic E-state index is 12.4. The summed E-state index contributed by atoms with van der Waals surface area (Å²) in [5, 5.41) is 5.53. The van der Waals surface area contributed by atoms with Crippen molar-refractivity contribution >= 4 is 17.9 Å². The molecule has 2 rings (SSSR count). The SMILES string of the molecule is C=CCNC(=O)c1cccc(C(=O)NC2CCN(C(=O)OCC)CC2)n1. The fourth-order valence-electron chi connectivity index (χ4n) is 2.62. The summed E-state index contributed by atoms with van der Waals surface area (Å²) in [4.78, 5) is 41.7. The Morgan fingerprint density at radius 1 is 1.27 bits per heavy atom. The summed E-state index contributed by atoms with van der Waals surface area (Å²) in [7, 11) is 0. The van der Waals surface area contributed by atoms with Gasteiger partial charge in [-0.25, -0.2) is 9.78 Å². The highest BCUT2D eigenvalue weighted by Crippen LogP contribution is 2.12. The van der Waals surface area contributed by atoms with Crippen LogP contribution in [0.25, 0.3) is 0 Å². The molecule has 0 aliphatic carbocycles. The molecule has 140 valence electrons. The van der Waals surface area contributed by atoms with Crippen LogP contribution in [0.1, 0.15) is 40.7 Å². The monoisotopic (exact) mass is 360 g/mol. The molecule has 1 aliphatic rings. The van der Waals surface area contributed by atoms with Crippen molar-refractivity contribution in [1.82, 2.24) is 20.5 Å². The van der Waals surface area contributed by atoms with E-state index in [9.17, 15) is 14.4 Å². The van der Waals surface area contributed by atoms with E-state index in [-0.39, 0.29) is 35.3 Å². The molecule has 1 fully saturated rings. The predicted molar refractivity (Wildman–Crippen MR) is 95.9 cm³/mol. The Kier molecular flexibility index (Phi) is 7.13. The van der Waals surface area contributed by atoms with Crippen LogP contribution in [0.3, 0.4) is 0 Å². The van der Waals surface area contributed by atoms with Crippen LogP contribution < -0.4 is 10.6 Å². The molecule has 1 aromatic rings.